The summed E-state index contributed by atoms with van der Waals surface area (Å²) >= 11 is 2.95. The second kappa shape index (κ2) is 12.8. The van der Waals surface area contributed by atoms with E-state index in [4.69, 9.17) is 10.00 Å². The number of amides is 1. The minimum Gasteiger partial charge on any atom is -0.494 e. The Balaban J connectivity index is 2.05. The molecule has 0 heterocycles. The van der Waals surface area contributed by atoms with E-state index in [-0.39, 0.29) is 51.1 Å². The van der Waals surface area contributed by atoms with Gasteiger partial charge < -0.3 is 9.64 Å². The highest BCUT2D eigenvalue weighted by atomic mass is 79.9. The van der Waals surface area contributed by atoms with Crippen LogP contribution in [0.4, 0.5) is 36.4 Å². The van der Waals surface area contributed by atoms with Crippen LogP contribution in [0.25, 0.3) is 0 Å². The predicted molar refractivity (Wildman–Crippen MR) is 148 cm³/mol. The van der Waals surface area contributed by atoms with Gasteiger partial charge in [-0.25, -0.2) is 4.39 Å². The number of ketones is 1. The summed E-state index contributed by atoms with van der Waals surface area (Å²) in [5.41, 5.74) is -6.49. The van der Waals surface area contributed by atoms with Gasteiger partial charge in [0.25, 0.3) is 5.91 Å². The van der Waals surface area contributed by atoms with Crippen LogP contribution in [0.3, 0.4) is 0 Å². The molecule has 0 saturated heterocycles. The maximum absolute atomic E-state index is 14.8. The van der Waals surface area contributed by atoms with Crippen molar-refractivity contribution >= 4 is 33.3 Å². The lowest BCUT2D eigenvalue weighted by Gasteiger charge is -2.31. The molecule has 0 radical (unpaired) electrons. The van der Waals surface area contributed by atoms with Gasteiger partial charge in [-0.15, -0.1) is 0 Å². The van der Waals surface area contributed by atoms with E-state index in [1.807, 2.05) is 6.07 Å². The molecule has 0 N–H and O–H groups in total. The molecular formula is C30H24BrF7N2O3. The fourth-order valence-corrected chi connectivity index (χ4v) is 5.23. The molecule has 0 saturated carbocycles. The van der Waals surface area contributed by atoms with Crippen LogP contribution in [0.1, 0.15) is 56.8 Å². The minimum atomic E-state index is -6.29. The maximum atomic E-state index is 14.8. The molecule has 0 aliphatic carbocycles. The molecule has 3 aromatic carbocycles. The van der Waals surface area contributed by atoms with E-state index in [0.29, 0.717) is 17.7 Å². The first-order valence-corrected chi connectivity index (χ1v) is 13.5. The van der Waals surface area contributed by atoms with E-state index in [2.05, 4.69) is 15.9 Å². The number of ether oxygens (including phenoxy) is 1. The number of hydrogen-bond acceptors (Lipinski definition) is 4. The quantitative estimate of drug-likeness (QED) is 0.169. The van der Waals surface area contributed by atoms with Crippen molar-refractivity contribution in [3.63, 3.8) is 0 Å². The van der Waals surface area contributed by atoms with Gasteiger partial charge in [-0.3, -0.25) is 9.59 Å². The second-order valence-corrected chi connectivity index (χ2v) is 10.2. The first-order chi connectivity index (χ1) is 20.0. The topological polar surface area (TPSA) is 70.4 Å². The number of anilines is 1. The van der Waals surface area contributed by atoms with Crippen molar-refractivity contribution in [2.75, 3.05) is 18.6 Å². The molecule has 228 valence electrons. The predicted octanol–water partition coefficient (Wildman–Crippen LogP) is 8.27. The van der Waals surface area contributed by atoms with Crippen molar-refractivity contribution < 1.29 is 45.1 Å². The molecule has 43 heavy (non-hydrogen) atoms. The zero-order valence-corrected chi connectivity index (χ0v) is 24.5. The van der Waals surface area contributed by atoms with Crippen molar-refractivity contribution in [2.24, 2.45) is 0 Å². The minimum absolute atomic E-state index is 0.00507. The van der Waals surface area contributed by atoms with E-state index in [1.54, 1.807) is 6.92 Å². The van der Waals surface area contributed by atoms with Gasteiger partial charge in [0.2, 0.25) is 0 Å². The van der Waals surface area contributed by atoms with Gasteiger partial charge in [0.05, 0.1) is 30.0 Å². The standard InChI is InChI=1S/C30H24BrF7N2O3/c1-4-18-13-20(28(32,29(33,34)35)30(36,37)38)14-23(31)22(18)15-25(41)21-7-6-8-24(26(21)43-3)40(5-2)27(42)19-11-9-17(16-39)10-12-19/h6-14H,4-5,15H2,1-3H3. The van der Waals surface area contributed by atoms with Gasteiger partial charge in [0, 0.05) is 28.6 Å². The van der Waals surface area contributed by atoms with Crippen LogP contribution in [-0.4, -0.2) is 37.7 Å². The smallest absolute Gasteiger partial charge is 0.435 e. The van der Waals surface area contributed by atoms with E-state index >= 15 is 0 Å². The van der Waals surface area contributed by atoms with Crippen molar-refractivity contribution in [2.45, 2.75) is 44.7 Å². The van der Waals surface area contributed by atoms with Crippen LogP contribution in [-0.2, 0) is 18.5 Å². The number of halogens is 8. The van der Waals surface area contributed by atoms with E-state index in [9.17, 15) is 40.3 Å². The largest absolute Gasteiger partial charge is 0.494 e. The third-order valence-electron chi connectivity index (χ3n) is 6.80. The molecule has 3 aromatic rings. The van der Waals surface area contributed by atoms with Crippen LogP contribution in [0, 0.1) is 11.3 Å². The van der Waals surface area contributed by atoms with Crippen LogP contribution >= 0.6 is 15.9 Å². The number of rotatable bonds is 9. The van der Waals surface area contributed by atoms with Crippen molar-refractivity contribution in [1.82, 2.24) is 0 Å². The van der Waals surface area contributed by atoms with Crippen LogP contribution in [0.5, 0.6) is 5.75 Å². The number of para-hydroxylation sites is 1. The molecule has 5 nitrogen and oxygen atoms in total. The maximum Gasteiger partial charge on any atom is 0.435 e. The summed E-state index contributed by atoms with van der Waals surface area (Å²) in [6.45, 7) is 3.29. The number of nitrogens with zero attached hydrogens (tertiary/aromatic N) is 2. The number of carbonyl (C=O) groups is 2. The van der Waals surface area contributed by atoms with Crippen molar-refractivity contribution in [1.29, 1.82) is 5.26 Å². The van der Waals surface area contributed by atoms with Gasteiger partial charge >= 0.3 is 18.0 Å². The van der Waals surface area contributed by atoms with Gasteiger partial charge in [-0.2, -0.15) is 31.6 Å². The van der Waals surface area contributed by atoms with Crippen molar-refractivity contribution in [3.8, 4) is 11.8 Å². The molecule has 0 atom stereocenters. The highest BCUT2D eigenvalue weighted by Crippen LogP contribution is 2.54. The number of aryl methyl sites for hydroxylation is 1. The van der Waals surface area contributed by atoms with E-state index in [1.165, 1.54) is 61.4 Å². The first kappa shape index (κ1) is 33.6. The number of methoxy groups -OCH3 is 1. The molecule has 0 aliphatic heterocycles. The molecule has 0 fully saturated rings. The molecule has 0 aromatic heterocycles. The Kier molecular flexibility index (Phi) is 9.96. The summed E-state index contributed by atoms with van der Waals surface area (Å²) in [6.07, 6.45) is -13.2. The normalized spacial score (nSPS) is 12.0. The number of hydrogen-bond donors (Lipinski definition) is 0. The number of Topliss-reactive ketones (excluding diaryl/α,β-unsaturated/α-hetero) is 1. The second-order valence-electron chi connectivity index (χ2n) is 9.30. The lowest BCUT2D eigenvalue weighted by Crippen LogP contribution is -2.50. The molecular weight excluding hydrogens is 649 g/mol. The summed E-state index contributed by atoms with van der Waals surface area (Å²) < 4.78 is 100. The summed E-state index contributed by atoms with van der Waals surface area (Å²) in [5, 5.41) is 9.02. The van der Waals surface area contributed by atoms with Gasteiger partial charge in [-0.1, -0.05) is 35.0 Å². The SMILES string of the molecule is CCc1cc(C(F)(C(F)(F)F)C(F)(F)F)cc(Br)c1CC(=O)c1cccc(N(CC)C(=O)c2ccc(C#N)cc2)c1OC. The Morgan fingerprint density at radius 3 is 2.05 bits per heavy atom. The third kappa shape index (κ3) is 6.39. The summed E-state index contributed by atoms with van der Waals surface area (Å²) in [4.78, 5) is 28.2. The summed E-state index contributed by atoms with van der Waals surface area (Å²) in [5.74, 6) is -1.06. The number of carbonyl (C=O) groups excluding carboxylic acids is 2. The molecule has 13 heteroatoms. The number of benzene rings is 3. The lowest BCUT2D eigenvalue weighted by molar-refractivity contribution is -0.348. The molecule has 0 bridgehead atoms. The number of nitriles is 1. The Bertz CT molecular complexity index is 1550. The van der Waals surface area contributed by atoms with Crippen LogP contribution in [0.15, 0.2) is 59.1 Å². The van der Waals surface area contributed by atoms with Gasteiger partial charge in [0.15, 0.2) is 11.5 Å². The monoisotopic (exact) mass is 672 g/mol. The summed E-state index contributed by atoms with van der Waals surface area (Å²) in [6, 6.07) is 13.1. The molecule has 0 aliphatic rings. The average Bonchev–Trinajstić information content (AvgIpc) is 2.96. The van der Waals surface area contributed by atoms with Crippen molar-refractivity contribution in [3.05, 3.63) is 92.5 Å². The summed E-state index contributed by atoms with van der Waals surface area (Å²) in [7, 11) is 1.27. The molecule has 0 spiro atoms. The highest BCUT2D eigenvalue weighted by molar-refractivity contribution is 9.10. The van der Waals surface area contributed by atoms with Crippen LogP contribution in [0.2, 0.25) is 0 Å². The molecule has 1 amide bonds. The fraction of sp³-hybridized carbons (Fsp3) is 0.300. The number of alkyl halides is 7. The average molecular weight is 673 g/mol. The first-order valence-electron chi connectivity index (χ1n) is 12.7. The Labute approximate surface area is 251 Å². The van der Waals surface area contributed by atoms with E-state index < -0.39 is 41.7 Å². The highest BCUT2D eigenvalue weighted by Gasteiger charge is 2.73. The Morgan fingerprint density at radius 1 is 0.953 bits per heavy atom. The zero-order chi connectivity index (χ0) is 32.3. The van der Waals surface area contributed by atoms with E-state index in [0.717, 1.165) is 0 Å². The van der Waals surface area contributed by atoms with Gasteiger partial charge in [0.1, 0.15) is 0 Å². The molecule has 3 rings (SSSR count). The zero-order valence-electron chi connectivity index (χ0n) is 23.0. The fourth-order valence-electron chi connectivity index (χ4n) is 4.59. The van der Waals surface area contributed by atoms with Crippen LogP contribution < -0.4 is 9.64 Å². The Morgan fingerprint density at radius 2 is 1.56 bits per heavy atom. The molecule has 0 unspecified atom stereocenters. The lowest BCUT2D eigenvalue weighted by atomic mass is 9.88. The third-order valence-corrected chi connectivity index (χ3v) is 7.50. The Hall–Kier alpha value is -3.92. The van der Waals surface area contributed by atoms with Gasteiger partial charge in [-0.05, 0) is 66.9 Å².